The highest BCUT2D eigenvalue weighted by molar-refractivity contribution is 7.88. The van der Waals surface area contributed by atoms with Crippen LogP contribution in [0.15, 0.2) is 53.5 Å². The largest absolute Gasteiger partial charge is 0.352 e. The fourth-order valence-corrected chi connectivity index (χ4v) is 5.15. The number of aliphatic imine (C=N–C) groups is 1. The van der Waals surface area contributed by atoms with Crippen molar-refractivity contribution in [1.82, 2.24) is 14.9 Å². The van der Waals surface area contributed by atoms with Crippen molar-refractivity contribution in [2.75, 3.05) is 13.6 Å². The molecule has 0 aromatic heterocycles. The van der Waals surface area contributed by atoms with Crippen LogP contribution in [0.25, 0.3) is 0 Å². The number of sulfonamides is 1. The summed E-state index contributed by atoms with van der Waals surface area (Å²) in [7, 11) is -1.59. The summed E-state index contributed by atoms with van der Waals surface area (Å²) in [5, 5.41) is 3.41. The smallest absolute Gasteiger partial charge is 0.216 e. The third-order valence-corrected chi connectivity index (χ3v) is 6.48. The maximum absolute atomic E-state index is 12.4. The Balaban J connectivity index is 1.68. The van der Waals surface area contributed by atoms with Crippen LogP contribution in [0.4, 0.5) is 0 Å². The van der Waals surface area contributed by atoms with Gasteiger partial charge in [0, 0.05) is 32.7 Å². The Bertz CT molecular complexity index is 970. The van der Waals surface area contributed by atoms with E-state index >= 15 is 0 Å². The number of benzene rings is 2. The predicted octanol–water partition coefficient (Wildman–Crippen LogP) is 2.65. The van der Waals surface area contributed by atoms with Crippen molar-refractivity contribution in [1.29, 1.82) is 0 Å². The Morgan fingerprint density at radius 1 is 1.07 bits per heavy atom. The number of fused-ring (bicyclic) bond motifs is 1. The average Bonchev–Trinajstić information content (AvgIpc) is 2.68. The van der Waals surface area contributed by atoms with Crippen molar-refractivity contribution in [3.63, 3.8) is 0 Å². The average molecular weight is 415 g/mol. The van der Waals surface area contributed by atoms with Crippen LogP contribution in [0, 0.1) is 0 Å². The van der Waals surface area contributed by atoms with Crippen LogP contribution >= 0.6 is 0 Å². The van der Waals surface area contributed by atoms with Crippen LogP contribution in [0.3, 0.4) is 0 Å². The van der Waals surface area contributed by atoms with Crippen molar-refractivity contribution in [2.45, 2.75) is 45.2 Å². The maximum Gasteiger partial charge on any atom is 0.216 e. The number of hydrogen-bond acceptors (Lipinski definition) is 3. The quantitative estimate of drug-likeness (QED) is 0.563. The molecule has 0 aliphatic carbocycles. The fourth-order valence-electron chi connectivity index (χ4n) is 3.66. The summed E-state index contributed by atoms with van der Waals surface area (Å²) in [5.74, 6) is 0.802. The molecule has 0 spiro atoms. The molecule has 3 rings (SSSR count). The minimum atomic E-state index is -3.37. The Hall–Kier alpha value is -2.38. The molecule has 0 unspecified atom stereocenters. The van der Waals surface area contributed by atoms with Gasteiger partial charge in [0.15, 0.2) is 5.96 Å². The fraction of sp³-hybridized carbons (Fsp3) is 0.409. The zero-order chi connectivity index (χ0) is 20.9. The summed E-state index contributed by atoms with van der Waals surface area (Å²) in [4.78, 5) is 6.68. The van der Waals surface area contributed by atoms with E-state index in [1.54, 1.807) is 7.05 Å². The SMILES string of the molecule is CN=C(NCc1ccccc1CS(=O)(=O)NC(C)C)N1CCc2ccccc2C1. The van der Waals surface area contributed by atoms with Crippen LogP contribution in [-0.2, 0) is 35.3 Å². The molecular weight excluding hydrogens is 384 g/mol. The van der Waals surface area contributed by atoms with E-state index in [1.165, 1.54) is 11.1 Å². The molecule has 0 atom stereocenters. The Morgan fingerprint density at radius 3 is 2.41 bits per heavy atom. The van der Waals surface area contributed by atoms with Crippen molar-refractivity contribution < 1.29 is 8.42 Å². The summed E-state index contributed by atoms with van der Waals surface area (Å²) < 4.78 is 27.4. The predicted molar refractivity (Wildman–Crippen MR) is 118 cm³/mol. The maximum atomic E-state index is 12.4. The van der Waals surface area contributed by atoms with Gasteiger partial charge in [-0.15, -0.1) is 0 Å². The highest BCUT2D eigenvalue weighted by Gasteiger charge is 2.19. The lowest BCUT2D eigenvalue weighted by Crippen LogP contribution is -2.43. The van der Waals surface area contributed by atoms with Crippen LogP contribution in [0.1, 0.15) is 36.1 Å². The first-order valence-corrected chi connectivity index (χ1v) is 11.6. The third kappa shape index (κ3) is 5.81. The molecule has 0 amide bonds. The molecule has 7 heteroatoms. The molecule has 0 fully saturated rings. The first-order valence-electron chi connectivity index (χ1n) is 9.97. The van der Waals surface area contributed by atoms with E-state index < -0.39 is 10.0 Å². The van der Waals surface area contributed by atoms with Gasteiger partial charge in [-0.1, -0.05) is 48.5 Å². The topological polar surface area (TPSA) is 73.8 Å². The number of hydrogen-bond donors (Lipinski definition) is 2. The van der Waals surface area contributed by atoms with E-state index in [4.69, 9.17) is 0 Å². The standard InChI is InChI=1S/C22H30N4O2S/c1-17(2)25-29(27,28)16-21-11-7-5-9-19(21)14-24-22(23-3)26-13-12-18-8-4-6-10-20(18)15-26/h4-11,17,25H,12-16H2,1-3H3,(H,23,24). The summed E-state index contributed by atoms with van der Waals surface area (Å²) in [5.41, 5.74) is 4.48. The van der Waals surface area contributed by atoms with Crippen molar-refractivity contribution in [3.05, 3.63) is 70.8 Å². The van der Waals surface area contributed by atoms with Crippen LogP contribution in [0.5, 0.6) is 0 Å². The van der Waals surface area contributed by atoms with Crippen molar-refractivity contribution >= 4 is 16.0 Å². The minimum absolute atomic E-state index is 0.0290. The minimum Gasteiger partial charge on any atom is -0.352 e. The molecule has 2 aromatic rings. The van der Waals surface area contributed by atoms with Crippen LogP contribution < -0.4 is 10.0 Å². The second kappa shape index (κ2) is 9.41. The molecule has 29 heavy (non-hydrogen) atoms. The Labute approximate surface area is 174 Å². The summed E-state index contributed by atoms with van der Waals surface area (Å²) in [6.07, 6.45) is 0.993. The molecule has 156 valence electrons. The number of rotatable bonds is 6. The molecule has 1 aliphatic rings. The van der Waals surface area contributed by atoms with E-state index in [2.05, 4.69) is 44.2 Å². The second-order valence-corrected chi connectivity index (χ2v) is 9.40. The first-order chi connectivity index (χ1) is 13.9. The molecule has 0 saturated heterocycles. The summed E-state index contributed by atoms with van der Waals surface area (Å²) in [6.45, 7) is 5.91. The second-order valence-electron chi connectivity index (χ2n) is 7.64. The van der Waals surface area contributed by atoms with Gasteiger partial charge < -0.3 is 10.2 Å². The van der Waals surface area contributed by atoms with Gasteiger partial charge in [0.1, 0.15) is 0 Å². The lowest BCUT2D eigenvalue weighted by molar-refractivity contribution is 0.378. The van der Waals surface area contributed by atoms with E-state index in [0.717, 1.165) is 36.6 Å². The molecule has 1 aliphatic heterocycles. The third-order valence-electron chi connectivity index (χ3n) is 4.96. The summed E-state index contributed by atoms with van der Waals surface area (Å²) >= 11 is 0. The van der Waals surface area contributed by atoms with Crippen LogP contribution in [-0.4, -0.2) is 38.9 Å². The zero-order valence-electron chi connectivity index (χ0n) is 17.4. The van der Waals surface area contributed by atoms with Gasteiger partial charge >= 0.3 is 0 Å². The molecule has 0 saturated carbocycles. The molecular formula is C22H30N4O2S. The molecule has 6 nitrogen and oxygen atoms in total. The van der Waals surface area contributed by atoms with E-state index in [1.807, 2.05) is 38.1 Å². The Morgan fingerprint density at radius 2 is 1.72 bits per heavy atom. The van der Waals surface area contributed by atoms with Gasteiger partial charge in [0.2, 0.25) is 10.0 Å². The van der Waals surface area contributed by atoms with E-state index in [0.29, 0.717) is 6.54 Å². The van der Waals surface area contributed by atoms with Gasteiger partial charge in [0.25, 0.3) is 0 Å². The summed E-state index contributed by atoms with van der Waals surface area (Å²) in [6, 6.07) is 16.0. The molecule has 2 aromatic carbocycles. The van der Waals surface area contributed by atoms with E-state index in [9.17, 15) is 8.42 Å². The lowest BCUT2D eigenvalue weighted by Gasteiger charge is -2.31. The highest BCUT2D eigenvalue weighted by atomic mass is 32.2. The van der Waals surface area contributed by atoms with E-state index in [-0.39, 0.29) is 11.8 Å². The Kier molecular flexibility index (Phi) is 6.92. The van der Waals surface area contributed by atoms with Gasteiger partial charge in [0.05, 0.1) is 5.75 Å². The number of nitrogens with zero attached hydrogens (tertiary/aromatic N) is 2. The molecule has 2 N–H and O–H groups in total. The lowest BCUT2D eigenvalue weighted by atomic mass is 10.0. The van der Waals surface area contributed by atoms with Crippen molar-refractivity contribution in [3.8, 4) is 0 Å². The molecule has 1 heterocycles. The van der Waals surface area contributed by atoms with Crippen molar-refractivity contribution in [2.24, 2.45) is 4.99 Å². The van der Waals surface area contributed by atoms with Gasteiger partial charge in [-0.05, 0) is 42.5 Å². The van der Waals surface area contributed by atoms with Gasteiger partial charge in [-0.3, -0.25) is 4.99 Å². The molecule has 0 bridgehead atoms. The highest BCUT2D eigenvalue weighted by Crippen LogP contribution is 2.19. The van der Waals surface area contributed by atoms with Gasteiger partial charge in [-0.2, -0.15) is 0 Å². The monoisotopic (exact) mass is 414 g/mol. The number of nitrogens with one attached hydrogen (secondary N) is 2. The van der Waals surface area contributed by atoms with Crippen LogP contribution in [0.2, 0.25) is 0 Å². The normalized spacial score (nSPS) is 14.8. The van der Waals surface area contributed by atoms with Gasteiger partial charge in [-0.25, -0.2) is 13.1 Å². The molecule has 0 radical (unpaired) electrons. The zero-order valence-corrected chi connectivity index (χ0v) is 18.2. The number of guanidine groups is 1. The first kappa shape index (κ1) is 21.3.